The Morgan fingerprint density at radius 2 is 2.41 bits per heavy atom. The van der Waals surface area contributed by atoms with Gasteiger partial charge in [0.25, 0.3) is 0 Å². The van der Waals surface area contributed by atoms with Crippen LogP contribution in [0.3, 0.4) is 0 Å². The minimum Gasteiger partial charge on any atom is -0.374 e. The number of hydrogen-bond acceptors (Lipinski definition) is 3. The van der Waals surface area contributed by atoms with Gasteiger partial charge in [0.05, 0.1) is 17.7 Å². The lowest BCUT2D eigenvalue weighted by molar-refractivity contribution is 0.0290. The summed E-state index contributed by atoms with van der Waals surface area (Å²) in [5, 5.41) is 6.70. The maximum atomic E-state index is 12.9. The van der Waals surface area contributed by atoms with Crippen molar-refractivity contribution in [3.63, 3.8) is 0 Å². The number of hydrogen-bond donors (Lipinski definition) is 2. The van der Waals surface area contributed by atoms with Crippen LogP contribution in [0.4, 0.5) is 4.39 Å². The molecular formula is C12H16ClFN2O. The minimum atomic E-state index is -0.379. The van der Waals surface area contributed by atoms with E-state index in [1.54, 1.807) is 12.1 Å². The number of rotatable bonds is 4. The lowest BCUT2D eigenvalue weighted by Gasteiger charge is -2.23. The van der Waals surface area contributed by atoms with E-state index in [4.69, 9.17) is 16.3 Å². The third kappa shape index (κ3) is 3.92. The Hall–Kier alpha value is -0.680. The molecule has 1 fully saturated rings. The van der Waals surface area contributed by atoms with Gasteiger partial charge in [-0.05, 0) is 17.7 Å². The largest absolute Gasteiger partial charge is 0.374 e. The quantitative estimate of drug-likeness (QED) is 0.860. The van der Waals surface area contributed by atoms with Crippen molar-refractivity contribution >= 4 is 11.6 Å². The van der Waals surface area contributed by atoms with Crippen LogP contribution >= 0.6 is 11.6 Å². The van der Waals surface area contributed by atoms with E-state index >= 15 is 0 Å². The van der Waals surface area contributed by atoms with E-state index in [2.05, 4.69) is 10.6 Å². The number of nitrogens with one attached hydrogen (secondary N) is 2. The Morgan fingerprint density at radius 3 is 3.12 bits per heavy atom. The number of morpholine rings is 1. The fourth-order valence-electron chi connectivity index (χ4n) is 1.78. The first-order valence-corrected chi connectivity index (χ1v) is 6.10. The molecular weight excluding hydrogens is 243 g/mol. The summed E-state index contributed by atoms with van der Waals surface area (Å²) in [6.07, 6.45) is 0.208. The van der Waals surface area contributed by atoms with Gasteiger partial charge in [-0.1, -0.05) is 17.7 Å². The van der Waals surface area contributed by atoms with Gasteiger partial charge in [-0.15, -0.1) is 0 Å². The molecule has 1 aliphatic heterocycles. The molecule has 17 heavy (non-hydrogen) atoms. The van der Waals surface area contributed by atoms with E-state index in [9.17, 15) is 4.39 Å². The Labute approximate surface area is 105 Å². The molecule has 0 radical (unpaired) electrons. The van der Waals surface area contributed by atoms with Crippen molar-refractivity contribution in [1.82, 2.24) is 10.6 Å². The smallest absolute Gasteiger partial charge is 0.141 e. The second kappa shape index (κ2) is 6.31. The van der Waals surface area contributed by atoms with Crippen LogP contribution in [0.15, 0.2) is 18.2 Å². The molecule has 0 spiro atoms. The van der Waals surface area contributed by atoms with Crippen LogP contribution in [0.2, 0.25) is 5.02 Å². The molecule has 2 rings (SSSR count). The second-order valence-corrected chi connectivity index (χ2v) is 4.48. The summed E-state index contributed by atoms with van der Waals surface area (Å²) >= 11 is 5.70. The molecule has 0 aromatic heterocycles. The monoisotopic (exact) mass is 258 g/mol. The van der Waals surface area contributed by atoms with Gasteiger partial charge < -0.3 is 15.4 Å². The first-order valence-electron chi connectivity index (χ1n) is 5.72. The van der Waals surface area contributed by atoms with E-state index in [1.807, 2.05) is 0 Å². The molecule has 3 nitrogen and oxygen atoms in total. The van der Waals surface area contributed by atoms with Crippen molar-refractivity contribution in [2.24, 2.45) is 0 Å². The summed E-state index contributed by atoms with van der Waals surface area (Å²) in [5.41, 5.74) is 0.972. The van der Waals surface area contributed by atoms with Crippen molar-refractivity contribution in [3.05, 3.63) is 34.6 Å². The van der Waals surface area contributed by atoms with Crippen molar-refractivity contribution in [2.75, 3.05) is 26.2 Å². The van der Waals surface area contributed by atoms with Crippen molar-refractivity contribution in [1.29, 1.82) is 0 Å². The topological polar surface area (TPSA) is 33.3 Å². The molecule has 0 aliphatic carbocycles. The predicted molar refractivity (Wildman–Crippen MR) is 65.7 cm³/mol. The highest BCUT2D eigenvalue weighted by Gasteiger charge is 2.12. The van der Waals surface area contributed by atoms with E-state index in [0.29, 0.717) is 6.54 Å². The first kappa shape index (κ1) is 12.8. The zero-order valence-corrected chi connectivity index (χ0v) is 10.3. The molecule has 94 valence electrons. The van der Waals surface area contributed by atoms with Crippen molar-refractivity contribution in [3.8, 4) is 0 Å². The molecule has 1 atom stereocenters. The highest BCUT2D eigenvalue weighted by molar-refractivity contribution is 6.30. The van der Waals surface area contributed by atoms with Gasteiger partial charge in [0, 0.05) is 26.2 Å². The molecule has 1 saturated heterocycles. The van der Waals surface area contributed by atoms with Crippen molar-refractivity contribution in [2.45, 2.75) is 12.6 Å². The molecule has 2 N–H and O–H groups in total. The molecule has 1 heterocycles. The standard InChI is InChI=1S/C12H16ClFN2O/c13-11-5-9(1-2-12(11)14)6-16-8-10-7-15-3-4-17-10/h1-2,5,10,15-16H,3-4,6-8H2. The van der Waals surface area contributed by atoms with Gasteiger partial charge >= 0.3 is 0 Å². The SMILES string of the molecule is Fc1ccc(CNCC2CNCCO2)cc1Cl. The van der Waals surface area contributed by atoms with E-state index in [0.717, 1.165) is 31.8 Å². The van der Waals surface area contributed by atoms with E-state index < -0.39 is 0 Å². The van der Waals surface area contributed by atoms with Gasteiger partial charge in [-0.3, -0.25) is 0 Å². The highest BCUT2D eigenvalue weighted by Crippen LogP contribution is 2.15. The maximum absolute atomic E-state index is 12.9. The fourth-order valence-corrected chi connectivity index (χ4v) is 1.98. The van der Waals surface area contributed by atoms with Crippen LogP contribution in [0.25, 0.3) is 0 Å². The average Bonchev–Trinajstić information content (AvgIpc) is 2.35. The molecule has 1 aliphatic rings. The third-order valence-corrected chi connectivity index (χ3v) is 2.98. The third-order valence-electron chi connectivity index (χ3n) is 2.69. The Balaban J connectivity index is 1.75. The Bertz CT molecular complexity index is 370. The van der Waals surface area contributed by atoms with Crippen LogP contribution < -0.4 is 10.6 Å². The Morgan fingerprint density at radius 1 is 1.53 bits per heavy atom. The summed E-state index contributed by atoms with van der Waals surface area (Å²) in [6, 6.07) is 4.76. The lowest BCUT2D eigenvalue weighted by Crippen LogP contribution is -2.43. The highest BCUT2D eigenvalue weighted by atomic mass is 35.5. The minimum absolute atomic E-state index is 0.167. The number of halogens is 2. The molecule has 5 heteroatoms. The Kier molecular flexibility index (Phi) is 4.74. The van der Waals surface area contributed by atoms with Crippen LogP contribution in [-0.2, 0) is 11.3 Å². The molecule has 0 amide bonds. The zero-order chi connectivity index (χ0) is 12.1. The zero-order valence-electron chi connectivity index (χ0n) is 9.51. The van der Waals surface area contributed by atoms with Gasteiger partial charge in [0.2, 0.25) is 0 Å². The summed E-state index contributed by atoms with van der Waals surface area (Å²) in [5.74, 6) is -0.379. The molecule has 1 unspecified atom stereocenters. The van der Waals surface area contributed by atoms with Crippen molar-refractivity contribution < 1.29 is 9.13 Å². The maximum Gasteiger partial charge on any atom is 0.141 e. The van der Waals surface area contributed by atoms with Gasteiger partial charge in [0.15, 0.2) is 0 Å². The molecule has 0 bridgehead atoms. The van der Waals surface area contributed by atoms with Gasteiger partial charge in [0.1, 0.15) is 5.82 Å². The summed E-state index contributed by atoms with van der Waals surface area (Å²) in [6.45, 7) is 4.00. The van der Waals surface area contributed by atoms with Gasteiger partial charge in [-0.25, -0.2) is 4.39 Å². The number of benzene rings is 1. The van der Waals surface area contributed by atoms with Gasteiger partial charge in [-0.2, -0.15) is 0 Å². The molecule has 1 aromatic rings. The van der Waals surface area contributed by atoms with E-state index in [-0.39, 0.29) is 16.9 Å². The molecule has 1 aromatic carbocycles. The molecule has 0 saturated carbocycles. The summed E-state index contributed by atoms with van der Waals surface area (Å²) in [7, 11) is 0. The summed E-state index contributed by atoms with van der Waals surface area (Å²) in [4.78, 5) is 0. The van der Waals surface area contributed by atoms with Crippen LogP contribution in [0, 0.1) is 5.82 Å². The van der Waals surface area contributed by atoms with Crippen LogP contribution in [0.5, 0.6) is 0 Å². The predicted octanol–water partition coefficient (Wildman–Crippen LogP) is 1.56. The lowest BCUT2D eigenvalue weighted by atomic mass is 10.2. The second-order valence-electron chi connectivity index (χ2n) is 4.08. The first-order chi connectivity index (χ1) is 8.25. The van der Waals surface area contributed by atoms with E-state index in [1.165, 1.54) is 6.07 Å². The average molecular weight is 259 g/mol. The van der Waals surface area contributed by atoms with Crippen LogP contribution in [0.1, 0.15) is 5.56 Å². The normalized spacial score (nSPS) is 20.5. The number of ether oxygens (including phenoxy) is 1. The fraction of sp³-hybridized carbons (Fsp3) is 0.500. The van der Waals surface area contributed by atoms with Crippen LogP contribution in [-0.4, -0.2) is 32.3 Å². The summed E-state index contributed by atoms with van der Waals surface area (Å²) < 4.78 is 18.5.